The van der Waals surface area contributed by atoms with Gasteiger partial charge in [-0.25, -0.2) is 9.69 Å². The molecule has 0 fully saturated rings. The Kier molecular flexibility index (Phi) is 5.59. The highest BCUT2D eigenvalue weighted by molar-refractivity contribution is 6.39. The van der Waals surface area contributed by atoms with Crippen LogP contribution in [0.25, 0.3) is 5.57 Å². The average molecular weight is 393 g/mol. The van der Waals surface area contributed by atoms with E-state index in [0.717, 1.165) is 10.5 Å². The van der Waals surface area contributed by atoms with E-state index in [-0.39, 0.29) is 18.0 Å². The van der Waals surface area contributed by atoms with Crippen LogP contribution in [0.2, 0.25) is 0 Å². The Morgan fingerprint density at radius 3 is 2.24 bits per heavy atom. The van der Waals surface area contributed by atoms with Crippen molar-refractivity contribution in [1.82, 2.24) is 0 Å². The fourth-order valence-corrected chi connectivity index (χ4v) is 3.01. The third kappa shape index (κ3) is 3.94. The molecule has 2 amide bonds. The zero-order valence-corrected chi connectivity index (χ0v) is 16.2. The molecule has 7 heteroatoms. The molecule has 0 spiro atoms. The van der Waals surface area contributed by atoms with Crippen molar-refractivity contribution in [2.24, 2.45) is 0 Å². The lowest BCUT2D eigenvalue weighted by Gasteiger charge is -2.12. The van der Waals surface area contributed by atoms with E-state index >= 15 is 0 Å². The number of carbonyl (C=O) groups excluding carboxylic acids is 4. The number of esters is 1. The van der Waals surface area contributed by atoms with Gasteiger partial charge in [-0.3, -0.25) is 14.4 Å². The van der Waals surface area contributed by atoms with Gasteiger partial charge in [-0.2, -0.15) is 0 Å². The highest BCUT2D eigenvalue weighted by atomic mass is 16.5. The zero-order valence-electron chi connectivity index (χ0n) is 16.2. The predicted molar refractivity (Wildman–Crippen MR) is 105 cm³/mol. The molecule has 0 saturated heterocycles. The molecule has 0 N–H and O–H groups in total. The van der Waals surface area contributed by atoms with Crippen molar-refractivity contribution in [3.05, 3.63) is 71.0 Å². The van der Waals surface area contributed by atoms with Crippen LogP contribution in [-0.2, 0) is 25.7 Å². The summed E-state index contributed by atoms with van der Waals surface area (Å²) in [4.78, 5) is 48.8. The molecule has 0 unspecified atom stereocenters. The van der Waals surface area contributed by atoms with E-state index in [1.807, 2.05) is 0 Å². The summed E-state index contributed by atoms with van der Waals surface area (Å²) in [7, 11) is 1.31. The summed E-state index contributed by atoms with van der Waals surface area (Å²) in [6.07, 6.45) is 1.29. The minimum atomic E-state index is -0.505. The standard InChI is InChI=1S/C22H19NO6/c1-13(24)17-8-9-20-18(10-17)19(21(26)23(20)14(2)25)12-29-11-15-4-6-16(7-5-15)22(27)28-3/h4-10,12H,11H2,1-3H3. The molecule has 1 aliphatic rings. The molecule has 0 bridgehead atoms. The second kappa shape index (κ2) is 8.10. The normalized spacial score (nSPS) is 14.0. The van der Waals surface area contributed by atoms with Gasteiger partial charge in [0, 0.05) is 18.1 Å². The number of imide groups is 1. The lowest BCUT2D eigenvalue weighted by atomic mass is 10.0. The number of nitrogens with zero attached hydrogens (tertiary/aromatic N) is 1. The van der Waals surface area contributed by atoms with Gasteiger partial charge in [0.2, 0.25) is 5.91 Å². The number of ketones is 1. The molecule has 29 heavy (non-hydrogen) atoms. The molecule has 0 saturated carbocycles. The predicted octanol–water partition coefficient (Wildman–Crippen LogP) is 3.13. The fraction of sp³-hybridized carbons (Fsp3) is 0.182. The minimum absolute atomic E-state index is 0.146. The van der Waals surface area contributed by atoms with Crippen molar-refractivity contribution in [3.8, 4) is 0 Å². The van der Waals surface area contributed by atoms with Gasteiger partial charge in [0.1, 0.15) is 6.61 Å². The molecule has 3 rings (SSSR count). The van der Waals surface area contributed by atoms with Crippen LogP contribution in [-0.4, -0.2) is 30.7 Å². The largest absolute Gasteiger partial charge is 0.496 e. The number of Topliss-reactive ketones (excluding diaryl/α,β-unsaturated/α-hetero) is 1. The Bertz CT molecular complexity index is 1040. The van der Waals surface area contributed by atoms with Gasteiger partial charge >= 0.3 is 5.97 Å². The molecule has 0 atom stereocenters. The van der Waals surface area contributed by atoms with Crippen LogP contribution >= 0.6 is 0 Å². The first-order chi connectivity index (χ1) is 13.8. The summed E-state index contributed by atoms with van der Waals surface area (Å²) in [5.41, 5.74) is 2.73. The molecule has 1 heterocycles. The maximum absolute atomic E-state index is 12.7. The van der Waals surface area contributed by atoms with Crippen LogP contribution in [0.4, 0.5) is 5.69 Å². The number of fused-ring (bicyclic) bond motifs is 1. The summed E-state index contributed by atoms with van der Waals surface area (Å²) >= 11 is 0. The van der Waals surface area contributed by atoms with Crippen molar-refractivity contribution in [2.45, 2.75) is 20.5 Å². The van der Waals surface area contributed by atoms with Crippen LogP contribution in [0.3, 0.4) is 0 Å². The number of carbonyl (C=O) groups is 4. The Balaban J connectivity index is 1.84. The van der Waals surface area contributed by atoms with Crippen LogP contribution in [0.5, 0.6) is 0 Å². The minimum Gasteiger partial charge on any atom is -0.496 e. The molecule has 1 aliphatic heterocycles. The third-order valence-electron chi connectivity index (χ3n) is 4.51. The van der Waals surface area contributed by atoms with Crippen molar-refractivity contribution >= 4 is 34.8 Å². The van der Waals surface area contributed by atoms with E-state index in [1.54, 1.807) is 42.5 Å². The number of methoxy groups -OCH3 is 1. The number of anilines is 1. The smallest absolute Gasteiger partial charge is 0.337 e. The Labute approximate surface area is 167 Å². The summed E-state index contributed by atoms with van der Waals surface area (Å²) in [6.45, 7) is 2.88. The van der Waals surface area contributed by atoms with Crippen LogP contribution < -0.4 is 4.90 Å². The van der Waals surface area contributed by atoms with Crippen molar-refractivity contribution in [2.75, 3.05) is 12.0 Å². The SMILES string of the molecule is COC(=O)c1ccc(COC=C2C(=O)N(C(C)=O)c3ccc(C(C)=O)cc32)cc1. The second-order valence-electron chi connectivity index (χ2n) is 6.48. The maximum Gasteiger partial charge on any atom is 0.337 e. The highest BCUT2D eigenvalue weighted by Gasteiger charge is 2.35. The Morgan fingerprint density at radius 1 is 1.00 bits per heavy atom. The third-order valence-corrected chi connectivity index (χ3v) is 4.51. The van der Waals surface area contributed by atoms with E-state index in [9.17, 15) is 19.2 Å². The van der Waals surface area contributed by atoms with Crippen LogP contribution in [0.15, 0.2) is 48.7 Å². The van der Waals surface area contributed by atoms with Crippen LogP contribution in [0.1, 0.15) is 45.7 Å². The first kappa shape index (κ1) is 20.0. The van der Waals surface area contributed by atoms with E-state index in [0.29, 0.717) is 22.4 Å². The summed E-state index contributed by atoms with van der Waals surface area (Å²) < 4.78 is 10.2. The van der Waals surface area contributed by atoms with E-state index in [4.69, 9.17) is 4.74 Å². The topological polar surface area (TPSA) is 90.0 Å². The monoisotopic (exact) mass is 393 g/mol. The lowest BCUT2D eigenvalue weighted by molar-refractivity contribution is -0.122. The van der Waals surface area contributed by atoms with Gasteiger partial charge < -0.3 is 9.47 Å². The maximum atomic E-state index is 12.7. The number of amides is 2. The molecule has 0 aliphatic carbocycles. The van der Waals surface area contributed by atoms with Gasteiger partial charge in [0.25, 0.3) is 5.91 Å². The number of benzene rings is 2. The average Bonchev–Trinajstić information content (AvgIpc) is 2.98. The summed E-state index contributed by atoms with van der Waals surface area (Å²) in [5.74, 6) is -1.51. The zero-order chi connectivity index (χ0) is 21.1. The first-order valence-electron chi connectivity index (χ1n) is 8.83. The number of hydrogen-bond acceptors (Lipinski definition) is 6. The molecular weight excluding hydrogens is 374 g/mol. The van der Waals surface area contributed by atoms with Gasteiger partial charge in [0.05, 0.1) is 30.2 Å². The molecule has 2 aromatic carbocycles. The number of rotatable bonds is 5. The second-order valence-corrected chi connectivity index (χ2v) is 6.48. The highest BCUT2D eigenvalue weighted by Crippen LogP contribution is 2.37. The van der Waals surface area contributed by atoms with Crippen molar-refractivity contribution < 1.29 is 28.7 Å². The van der Waals surface area contributed by atoms with Gasteiger partial charge in [-0.15, -0.1) is 0 Å². The number of ether oxygens (including phenoxy) is 2. The van der Waals surface area contributed by atoms with Gasteiger partial charge in [-0.05, 0) is 42.8 Å². The van der Waals surface area contributed by atoms with E-state index in [2.05, 4.69) is 4.74 Å². The Morgan fingerprint density at radius 2 is 1.66 bits per heavy atom. The molecular formula is C22H19NO6. The quantitative estimate of drug-likeness (QED) is 0.336. The van der Waals surface area contributed by atoms with Gasteiger partial charge in [0.15, 0.2) is 5.78 Å². The van der Waals surface area contributed by atoms with Crippen LogP contribution in [0, 0.1) is 0 Å². The Hall–Kier alpha value is -3.74. The first-order valence-corrected chi connectivity index (χ1v) is 8.83. The van der Waals surface area contributed by atoms with Gasteiger partial charge in [-0.1, -0.05) is 12.1 Å². The molecule has 7 nitrogen and oxygen atoms in total. The van der Waals surface area contributed by atoms with Crippen molar-refractivity contribution in [3.63, 3.8) is 0 Å². The molecule has 0 radical (unpaired) electrons. The summed E-state index contributed by atoms with van der Waals surface area (Å²) in [5, 5.41) is 0. The van der Waals surface area contributed by atoms with E-state index < -0.39 is 17.8 Å². The number of hydrogen-bond donors (Lipinski definition) is 0. The van der Waals surface area contributed by atoms with E-state index in [1.165, 1.54) is 27.2 Å². The molecule has 148 valence electrons. The lowest BCUT2D eigenvalue weighted by Crippen LogP contribution is -2.31. The fourth-order valence-electron chi connectivity index (χ4n) is 3.01. The summed E-state index contributed by atoms with van der Waals surface area (Å²) in [6, 6.07) is 11.4. The molecule has 2 aromatic rings. The van der Waals surface area contributed by atoms with Crippen molar-refractivity contribution in [1.29, 1.82) is 0 Å². The molecule has 0 aromatic heterocycles.